The molecule has 0 heterocycles. The van der Waals surface area contributed by atoms with E-state index in [-0.39, 0.29) is 4.83 Å². The molecule has 1 atom stereocenters. The normalized spacial score (nSPS) is 20.1. The lowest BCUT2D eigenvalue weighted by atomic mass is 9.89. The van der Waals surface area contributed by atoms with Crippen molar-refractivity contribution in [3.05, 3.63) is 60.5 Å². The van der Waals surface area contributed by atoms with Gasteiger partial charge in [0.2, 0.25) is 0 Å². The summed E-state index contributed by atoms with van der Waals surface area (Å²) in [5, 5.41) is 0. The van der Waals surface area contributed by atoms with Crippen LogP contribution in [0.3, 0.4) is 0 Å². The molecule has 19 heavy (non-hydrogen) atoms. The number of alkyl halides is 1. The van der Waals surface area contributed by atoms with Crippen molar-refractivity contribution in [1.29, 1.82) is 0 Å². The number of allylic oxidation sites excluding steroid dienone is 6. The molecule has 1 aromatic carbocycles. The van der Waals surface area contributed by atoms with E-state index in [0.717, 1.165) is 13.4 Å². The van der Waals surface area contributed by atoms with Gasteiger partial charge in [0.05, 0.1) is 4.83 Å². The summed E-state index contributed by atoms with van der Waals surface area (Å²) >= 11 is 14.8. The highest BCUT2D eigenvalue weighted by Crippen LogP contribution is 2.49. The van der Waals surface area contributed by atoms with E-state index in [4.69, 9.17) is 0 Å². The maximum absolute atomic E-state index is 3.78. The molecule has 1 aliphatic carbocycles. The summed E-state index contributed by atoms with van der Waals surface area (Å²) in [6.07, 6.45) is 0. The van der Waals surface area contributed by atoms with E-state index in [1.54, 1.807) is 0 Å². The predicted octanol–water partition coefficient (Wildman–Crippen LogP) is 6.91. The summed E-state index contributed by atoms with van der Waals surface area (Å²) < 4.78 is 3.24. The molecule has 0 bridgehead atoms. The van der Waals surface area contributed by atoms with Gasteiger partial charge in [0.15, 0.2) is 0 Å². The molecule has 0 spiro atoms. The largest absolute Gasteiger partial charge is 0.0780 e. The van der Waals surface area contributed by atoms with Crippen LogP contribution in [0.2, 0.25) is 0 Å². The smallest absolute Gasteiger partial charge is 0.0727 e. The lowest BCUT2D eigenvalue weighted by Crippen LogP contribution is -2.13. The predicted molar refractivity (Wildman–Crippen MR) is 98.3 cm³/mol. The van der Waals surface area contributed by atoms with Gasteiger partial charge in [-0.15, -0.1) is 0 Å². The van der Waals surface area contributed by atoms with Crippen LogP contribution in [-0.4, -0.2) is 4.83 Å². The van der Waals surface area contributed by atoms with E-state index in [0.29, 0.717) is 0 Å². The Morgan fingerprint density at radius 3 is 2.05 bits per heavy atom. The zero-order valence-electron chi connectivity index (χ0n) is 10.5. The number of hydrogen-bond donors (Lipinski definition) is 0. The lowest BCUT2D eigenvalue weighted by Gasteiger charge is -2.27. The van der Waals surface area contributed by atoms with Crippen molar-refractivity contribution in [1.82, 2.24) is 0 Å². The van der Waals surface area contributed by atoms with Crippen molar-refractivity contribution in [3.63, 3.8) is 0 Å². The molecule has 100 valence electrons. The third-order valence-corrected chi connectivity index (χ3v) is 8.03. The van der Waals surface area contributed by atoms with Gasteiger partial charge in [0, 0.05) is 19.0 Å². The fourth-order valence-electron chi connectivity index (χ4n) is 2.09. The highest BCUT2D eigenvalue weighted by atomic mass is 79.9. The van der Waals surface area contributed by atoms with Gasteiger partial charge in [-0.25, -0.2) is 0 Å². The highest BCUT2D eigenvalue weighted by molar-refractivity contribution is 9.17. The molecular formula is C15H12Br4. The second kappa shape index (κ2) is 6.42. The minimum absolute atomic E-state index is 0.170. The number of benzene rings is 1. The van der Waals surface area contributed by atoms with Gasteiger partial charge in [-0.3, -0.25) is 0 Å². The molecule has 0 nitrogen and oxygen atoms in total. The minimum Gasteiger partial charge on any atom is -0.0780 e. The van der Waals surface area contributed by atoms with Crippen LogP contribution >= 0.6 is 63.7 Å². The maximum Gasteiger partial charge on any atom is 0.0727 e. The summed E-state index contributed by atoms with van der Waals surface area (Å²) in [7, 11) is 0. The second-order valence-corrected chi connectivity index (χ2v) is 7.85. The molecule has 1 unspecified atom stereocenters. The molecule has 1 aliphatic rings. The Morgan fingerprint density at radius 1 is 0.947 bits per heavy atom. The second-order valence-electron chi connectivity index (χ2n) is 4.49. The van der Waals surface area contributed by atoms with E-state index < -0.39 is 0 Å². The molecule has 4 heteroatoms. The van der Waals surface area contributed by atoms with Gasteiger partial charge in [-0.2, -0.15) is 0 Å². The fourth-order valence-corrected chi connectivity index (χ4v) is 5.09. The van der Waals surface area contributed by atoms with Crippen molar-refractivity contribution in [2.45, 2.75) is 18.7 Å². The Morgan fingerprint density at radius 2 is 1.53 bits per heavy atom. The van der Waals surface area contributed by atoms with E-state index >= 15 is 0 Å². The van der Waals surface area contributed by atoms with Gasteiger partial charge in [-0.05, 0) is 56.8 Å². The lowest BCUT2D eigenvalue weighted by molar-refractivity contribution is 1.20. The van der Waals surface area contributed by atoms with Gasteiger partial charge >= 0.3 is 0 Å². The molecule has 0 aromatic heterocycles. The van der Waals surface area contributed by atoms with E-state index in [9.17, 15) is 0 Å². The van der Waals surface area contributed by atoms with Gasteiger partial charge in [0.1, 0.15) is 0 Å². The SMILES string of the molecule is CC(C)=C1C(c2ccccc2)=C(Br)C(Br)=C(Br)C1Br. The monoisotopic (exact) mass is 508 g/mol. The van der Waals surface area contributed by atoms with E-state index in [2.05, 4.69) is 102 Å². The fraction of sp³-hybridized carbons (Fsp3) is 0.200. The maximum atomic E-state index is 3.78. The van der Waals surface area contributed by atoms with Crippen LogP contribution in [-0.2, 0) is 0 Å². The average molecular weight is 512 g/mol. The molecule has 0 N–H and O–H groups in total. The van der Waals surface area contributed by atoms with Crippen LogP contribution in [0.1, 0.15) is 19.4 Å². The molecular weight excluding hydrogens is 500 g/mol. The van der Waals surface area contributed by atoms with Gasteiger partial charge in [0.25, 0.3) is 0 Å². The zero-order chi connectivity index (χ0) is 14.2. The molecule has 0 amide bonds. The van der Waals surface area contributed by atoms with Gasteiger partial charge in [-0.1, -0.05) is 67.8 Å². The molecule has 0 saturated carbocycles. The standard InChI is InChI=1S/C15H12Br4/c1-8(2)10-11(9-6-4-3-5-7-9)13(17)15(19)14(18)12(10)16/h3-7,12H,1-2H3. The summed E-state index contributed by atoms with van der Waals surface area (Å²) in [5.74, 6) is 0. The van der Waals surface area contributed by atoms with E-state index in [1.165, 1.54) is 22.3 Å². The van der Waals surface area contributed by atoms with Crippen LogP contribution in [0.15, 0.2) is 54.9 Å². The molecule has 0 radical (unpaired) electrons. The average Bonchev–Trinajstić information content (AvgIpc) is 2.40. The summed E-state index contributed by atoms with van der Waals surface area (Å²) in [6.45, 7) is 4.29. The van der Waals surface area contributed by atoms with Crippen LogP contribution in [0.4, 0.5) is 0 Å². The Labute approximate surface area is 147 Å². The molecule has 2 rings (SSSR count). The van der Waals surface area contributed by atoms with Crippen molar-refractivity contribution in [2.24, 2.45) is 0 Å². The van der Waals surface area contributed by atoms with E-state index in [1.807, 2.05) is 6.07 Å². The summed E-state index contributed by atoms with van der Waals surface area (Å²) in [5.41, 5.74) is 5.05. The molecule has 0 aliphatic heterocycles. The third kappa shape index (κ3) is 3.02. The Kier molecular flexibility index (Phi) is 5.32. The summed E-state index contributed by atoms with van der Waals surface area (Å²) in [4.78, 5) is 0.170. The number of hydrogen-bond acceptors (Lipinski definition) is 0. The highest BCUT2D eigenvalue weighted by Gasteiger charge is 2.30. The first-order chi connectivity index (χ1) is 8.95. The number of halogens is 4. The van der Waals surface area contributed by atoms with Crippen molar-refractivity contribution in [2.75, 3.05) is 0 Å². The Bertz CT molecular complexity index is 590. The van der Waals surface area contributed by atoms with Crippen molar-refractivity contribution in [3.8, 4) is 0 Å². The number of rotatable bonds is 1. The van der Waals surface area contributed by atoms with Crippen LogP contribution in [0.5, 0.6) is 0 Å². The quantitative estimate of drug-likeness (QED) is 0.360. The van der Waals surface area contributed by atoms with Crippen LogP contribution in [0, 0.1) is 0 Å². The Hall–Kier alpha value is 0.360. The molecule has 1 aromatic rings. The third-order valence-electron chi connectivity index (χ3n) is 2.97. The summed E-state index contributed by atoms with van der Waals surface area (Å²) in [6, 6.07) is 10.4. The first-order valence-corrected chi connectivity index (χ1v) is 9.07. The first-order valence-electron chi connectivity index (χ1n) is 5.77. The van der Waals surface area contributed by atoms with Crippen LogP contribution < -0.4 is 0 Å². The minimum atomic E-state index is 0.170. The van der Waals surface area contributed by atoms with Gasteiger partial charge < -0.3 is 0 Å². The first kappa shape index (κ1) is 15.7. The van der Waals surface area contributed by atoms with Crippen molar-refractivity contribution >= 4 is 69.3 Å². The topological polar surface area (TPSA) is 0 Å². The Balaban J connectivity index is 2.76. The molecule has 0 saturated heterocycles. The van der Waals surface area contributed by atoms with Crippen LogP contribution in [0.25, 0.3) is 5.57 Å². The van der Waals surface area contributed by atoms with Crippen molar-refractivity contribution < 1.29 is 0 Å². The zero-order valence-corrected chi connectivity index (χ0v) is 16.8. The molecule has 0 fully saturated rings.